The van der Waals surface area contributed by atoms with Gasteiger partial charge in [0.05, 0.1) is 26.9 Å². The molecule has 0 aliphatic carbocycles. The smallest absolute Gasteiger partial charge is 0.239 e. The Labute approximate surface area is 119 Å². The van der Waals surface area contributed by atoms with E-state index >= 15 is 0 Å². The van der Waals surface area contributed by atoms with E-state index in [1.54, 1.807) is 19.2 Å². The first-order chi connectivity index (χ1) is 9.44. The van der Waals surface area contributed by atoms with Gasteiger partial charge < -0.3 is 19.9 Å². The SMILES string of the molecule is COc1cc(OC)c(C(NC(C)C)C(N)=O)c(OC)c1. The second kappa shape index (κ2) is 7.00. The summed E-state index contributed by atoms with van der Waals surface area (Å²) in [6.07, 6.45) is 0. The topological polar surface area (TPSA) is 82.8 Å². The maximum atomic E-state index is 11.7. The molecule has 0 radical (unpaired) electrons. The summed E-state index contributed by atoms with van der Waals surface area (Å²) in [7, 11) is 4.59. The Morgan fingerprint density at radius 2 is 1.60 bits per heavy atom. The highest BCUT2D eigenvalue weighted by Gasteiger charge is 2.27. The average molecular weight is 282 g/mol. The first-order valence-corrected chi connectivity index (χ1v) is 6.29. The minimum atomic E-state index is -0.703. The number of amides is 1. The lowest BCUT2D eigenvalue weighted by atomic mass is 10.0. The molecule has 1 unspecified atom stereocenters. The number of carbonyl (C=O) groups is 1. The lowest BCUT2D eigenvalue weighted by Crippen LogP contribution is -2.37. The van der Waals surface area contributed by atoms with Crippen molar-refractivity contribution in [2.45, 2.75) is 25.9 Å². The third-order valence-corrected chi connectivity index (χ3v) is 2.83. The summed E-state index contributed by atoms with van der Waals surface area (Å²) in [5.41, 5.74) is 6.06. The molecule has 1 aromatic rings. The fraction of sp³-hybridized carbons (Fsp3) is 0.500. The van der Waals surface area contributed by atoms with E-state index in [0.717, 1.165) is 0 Å². The lowest BCUT2D eigenvalue weighted by Gasteiger charge is -2.23. The summed E-state index contributed by atoms with van der Waals surface area (Å²) in [6.45, 7) is 3.86. The molecule has 0 aliphatic rings. The number of nitrogens with two attached hydrogens (primary N) is 1. The molecule has 112 valence electrons. The van der Waals surface area contributed by atoms with Crippen molar-refractivity contribution in [3.8, 4) is 17.2 Å². The van der Waals surface area contributed by atoms with Crippen molar-refractivity contribution in [2.75, 3.05) is 21.3 Å². The fourth-order valence-corrected chi connectivity index (χ4v) is 1.96. The van der Waals surface area contributed by atoms with E-state index in [0.29, 0.717) is 22.8 Å². The summed E-state index contributed by atoms with van der Waals surface area (Å²) in [4.78, 5) is 11.7. The summed E-state index contributed by atoms with van der Waals surface area (Å²) in [6, 6.07) is 2.75. The summed E-state index contributed by atoms with van der Waals surface area (Å²) in [5.74, 6) is 1.05. The Morgan fingerprint density at radius 3 is 1.90 bits per heavy atom. The minimum Gasteiger partial charge on any atom is -0.496 e. The maximum absolute atomic E-state index is 11.7. The van der Waals surface area contributed by atoms with Crippen LogP contribution in [-0.4, -0.2) is 33.3 Å². The van der Waals surface area contributed by atoms with E-state index in [1.165, 1.54) is 14.2 Å². The summed E-state index contributed by atoms with van der Waals surface area (Å²) in [5, 5.41) is 3.11. The number of hydrogen-bond donors (Lipinski definition) is 2. The van der Waals surface area contributed by atoms with Crippen LogP contribution in [0, 0.1) is 0 Å². The van der Waals surface area contributed by atoms with Gasteiger partial charge in [-0.25, -0.2) is 0 Å². The Balaban J connectivity index is 3.41. The van der Waals surface area contributed by atoms with Gasteiger partial charge in [-0.1, -0.05) is 0 Å². The van der Waals surface area contributed by atoms with Gasteiger partial charge in [-0.15, -0.1) is 0 Å². The van der Waals surface area contributed by atoms with Gasteiger partial charge in [-0.3, -0.25) is 10.1 Å². The number of primary amides is 1. The van der Waals surface area contributed by atoms with Crippen LogP contribution in [0.5, 0.6) is 17.2 Å². The molecule has 0 saturated heterocycles. The zero-order chi connectivity index (χ0) is 15.3. The van der Waals surface area contributed by atoms with Crippen molar-refractivity contribution < 1.29 is 19.0 Å². The molecule has 0 saturated carbocycles. The van der Waals surface area contributed by atoms with Crippen LogP contribution in [0.3, 0.4) is 0 Å². The number of carbonyl (C=O) groups excluding carboxylic acids is 1. The number of ether oxygens (including phenoxy) is 3. The van der Waals surface area contributed by atoms with Crippen LogP contribution in [0.1, 0.15) is 25.5 Å². The molecule has 0 spiro atoms. The predicted molar refractivity (Wildman–Crippen MR) is 76.3 cm³/mol. The van der Waals surface area contributed by atoms with E-state index in [9.17, 15) is 4.79 Å². The van der Waals surface area contributed by atoms with Gasteiger partial charge in [0.25, 0.3) is 0 Å². The van der Waals surface area contributed by atoms with Crippen LogP contribution in [0.25, 0.3) is 0 Å². The first-order valence-electron chi connectivity index (χ1n) is 6.29. The van der Waals surface area contributed by atoms with Gasteiger partial charge in [0, 0.05) is 18.2 Å². The van der Waals surface area contributed by atoms with Gasteiger partial charge >= 0.3 is 0 Å². The second-order valence-corrected chi connectivity index (χ2v) is 4.60. The molecule has 0 fully saturated rings. The Bertz CT molecular complexity index is 449. The highest BCUT2D eigenvalue weighted by atomic mass is 16.5. The molecule has 1 rings (SSSR count). The molecular weight excluding hydrogens is 260 g/mol. The van der Waals surface area contributed by atoms with Crippen molar-refractivity contribution in [1.29, 1.82) is 0 Å². The molecule has 0 bridgehead atoms. The quantitative estimate of drug-likeness (QED) is 0.786. The summed E-state index contributed by atoms with van der Waals surface area (Å²) >= 11 is 0. The van der Waals surface area contributed by atoms with Crippen molar-refractivity contribution in [3.63, 3.8) is 0 Å². The molecule has 6 nitrogen and oxygen atoms in total. The number of hydrogen-bond acceptors (Lipinski definition) is 5. The van der Waals surface area contributed by atoms with Crippen molar-refractivity contribution in [3.05, 3.63) is 17.7 Å². The maximum Gasteiger partial charge on any atom is 0.239 e. The van der Waals surface area contributed by atoms with Gasteiger partial charge in [0.2, 0.25) is 5.91 Å². The standard InChI is InChI=1S/C14H22N2O4/c1-8(2)16-13(14(15)17)12-10(19-4)6-9(18-3)7-11(12)20-5/h6-8,13,16H,1-5H3,(H2,15,17). The number of benzene rings is 1. The molecule has 20 heavy (non-hydrogen) atoms. The molecule has 1 aromatic carbocycles. The van der Waals surface area contributed by atoms with E-state index < -0.39 is 11.9 Å². The normalized spacial score (nSPS) is 12.1. The fourth-order valence-electron chi connectivity index (χ4n) is 1.96. The number of nitrogens with one attached hydrogen (secondary N) is 1. The molecule has 6 heteroatoms. The highest BCUT2D eigenvalue weighted by molar-refractivity contribution is 5.83. The molecular formula is C14H22N2O4. The number of rotatable bonds is 7. The van der Waals surface area contributed by atoms with Gasteiger partial charge in [-0.05, 0) is 13.8 Å². The first kappa shape index (κ1) is 16.1. The zero-order valence-corrected chi connectivity index (χ0v) is 12.5. The van der Waals surface area contributed by atoms with E-state index in [4.69, 9.17) is 19.9 Å². The average Bonchev–Trinajstić information content (AvgIpc) is 2.42. The highest BCUT2D eigenvalue weighted by Crippen LogP contribution is 2.38. The van der Waals surface area contributed by atoms with Crippen molar-refractivity contribution >= 4 is 5.91 Å². The van der Waals surface area contributed by atoms with E-state index in [2.05, 4.69) is 5.32 Å². The van der Waals surface area contributed by atoms with Crippen LogP contribution < -0.4 is 25.3 Å². The third kappa shape index (κ3) is 3.54. The minimum absolute atomic E-state index is 0.0732. The van der Waals surface area contributed by atoms with Gasteiger partial charge in [0.1, 0.15) is 23.3 Å². The Kier molecular flexibility index (Phi) is 5.64. The van der Waals surface area contributed by atoms with Crippen LogP contribution in [0.4, 0.5) is 0 Å². The van der Waals surface area contributed by atoms with Crippen molar-refractivity contribution in [2.24, 2.45) is 5.73 Å². The molecule has 1 amide bonds. The largest absolute Gasteiger partial charge is 0.496 e. The van der Waals surface area contributed by atoms with Crippen LogP contribution in [-0.2, 0) is 4.79 Å². The van der Waals surface area contributed by atoms with Crippen molar-refractivity contribution in [1.82, 2.24) is 5.32 Å². The lowest BCUT2D eigenvalue weighted by molar-refractivity contribution is -0.120. The molecule has 3 N–H and O–H groups in total. The van der Waals surface area contributed by atoms with Crippen LogP contribution in [0.2, 0.25) is 0 Å². The van der Waals surface area contributed by atoms with E-state index in [1.807, 2.05) is 13.8 Å². The van der Waals surface area contributed by atoms with Gasteiger partial charge in [0.15, 0.2) is 0 Å². The molecule has 0 aliphatic heterocycles. The predicted octanol–water partition coefficient (Wildman–Crippen LogP) is 1.24. The summed E-state index contributed by atoms with van der Waals surface area (Å²) < 4.78 is 15.8. The monoisotopic (exact) mass is 282 g/mol. The van der Waals surface area contributed by atoms with E-state index in [-0.39, 0.29) is 6.04 Å². The third-order valence-electron chi connectivity index (χ3n) is 2.83. The van der Waals surface area contributed by atoms with Crippen LogP contribution >= 0.6 is 0 Å². The second-order valence-electron chi connectivity index (χ2n) is 4.60. The molecule has 1 atom stereocenters. The molecule has 0 heterocycles. The Hall–Kier alpha value is -1.95. The van der Waals surface area contributed by atoms with Gasteiger partial charge in [-0.2, -0.15) is 0 Å². The Morgan fingerprint density at radius 1 is 1.10 bits per heavy atom. The zero-order valence-electron chi connectivity index (χ0n) is 12.5. The molecule has 0 aromatic heterocycles. The number of methoxy groups -OCH3 is 3. The van der Waals surface area contributed by atoms with Crippen LogP contribution in [0.15, 0.2) is 12.1 Å².